The van der Waals surface area contributed by atoms with E-state index in [1.165, 1.54) is 87.6 Å². The second-order valence-electron chi connectivity index (χ2n) is 12.0. The van der Waals surface area contributed by atoms with Gasteiger partial charge in [0.1, 0.15) is 0 Å². The van der Waals surface area contributed by atoms with Crippen molar-refractivity contribution < 1.29 is 0 Å². The molecule has 9 aromatic carbocycles. The molecule has 9 rings (SSSR count). The average molecular weight is 583 g/mol. The Balaban J connectivity index is 1.46. The third kappa shape index (κ3) is 4.23. The van der Waals surface area contributed by atoms with Crippen LogP contribution in [0.25, 0.3) is 87.6 Å². The van der Waals surface area contributed by atoms with Crippen LogP contribution in [-0.4, -0.2) is 0 Å². The van der Waals surface area contributed by atoms with E-state index in [1.54, 1.807) is 0 Å². The summed E-state index contributed by atoms with van der Waals surface area (Å²) in [6, 6.07) is 66.6. The maximum Gasteiger partial charge on any atom is -0.00199 e. The molecule has 214 valence electrons. The fourth-order valence-electron chi connectivity index (χ4n) is 7.42. The first kappa shape index (κ1) is 26.4. The predicted octanol–water partition coefficient (Wildman–Crippen LogP) is 13.0. The van der Waals surface area contributed by atoms with Gasteiger partial charge in [0.25, 0.3) is 0 Å². The summed E-state index contributed by atoms with van der Waals surface area (Å²) in [6.07, 6.45) is 0. The minimum atomic E-state index is 1.22. The van der Waals surface area contributed by atoms with Crippen molar-refractivity contribution in [2.24, 2.45) is 0 Å². The topological polar surface area (TPSA) is 0 Å². The molecule has 9 aromatic rings. The molecule has 0 saturated carbocycles. The van der Waals surface area contributed by atoms with Crippen LogP contribution in [0.1, 0.15) is 0 Å². The molecule has 0 heterocycles. The van der Waals surface area contributed by atoms with Gasteiger partial charge in [0.2, 0.25) is 0 Å². The molecule has 0 heteroatoms. The van der Waals surface area contributed by atoms with Crippen LogP contribution in [0.4, 0.5) is 0 Å². The van der Waals surface area contributed by atoms with Crippen LogP contribution in [0, 0.1) is 0 Å². The zero-order valence-corrected chi connectivity index (χ0v) is 25.3. The van der Waals surface area contributed by atoms with Crippen molar-refractivity contribution in [2.45, 2.75) is 0 Å². The van der Waals surface area contributed by atoms with E-state index in [2.05, 4.69) is 182 Å². The Morgan fingerprint density at radius 1 is 0.217 bits per heavy atom. The molecule has 0 fully saturated rings. The third-order valence-corrected chi connectivity index (χ3v) is 9.46. The van der Waals surface area contributed by atoms with E-state index in [1.807, 2.05) is 0 Å². The fraction of sp³-hybridized carbons (Fsp3) is 0. The number of benzene rings is 9. The monoisotopic (exact) mass is 582 g/mol. The first-order valence-electron chi connectivity index (χ1n) is 15.9. The lowest BCUT2D eigenvalue weighted by Crippen LogP contribution is -1.94. The van der Waals surface area contributed by atoms with Crippen LogP contribution in [0.3, 0.4) is 0 Å². The maximum absolute atomic E-state index is 2.44. The van der Waals surface area contributed by atoms with Crippen LogP contribution in [-0.2, 0) is 0 Å². The van der Waals surface area contributed by atoms with Crippen LogP contribution < -0.4 is 0 Å². The standard InChI is InChI=1S/C46H30/c1-2-14-31(15-3-1)36-22-8-9-23-39(36)46-42-25-11-10-24-41(42)45(40-27-13-19-33-17-5-7-21-37(33)40)43-29-28-34(30-44(43)46)38-26-12-18-32-16-4-6-20-35(32)38/h1-30H. The molecule has 0 aliphatic carbocycles. The molecular formula is C46H30. The highest BCUT2D eigenvalue weighted by atomic mass is 14.2. The van der Waals surface area contributed by atoms with Crippen LogP contribution in [0.2, 0.25) is 0 Å². The first-order chi connectivity index (χ1) is 22.8. The Bertz CT molecular complexity index is 2560. The van der Waals surface area contributed by atoms with Gasteiger partial charge in [0, 0.05) is 0 Å². The summed E-state index contributed by atoms with van der Waals surface area (Å²) >= 11 is 0. The zero-order chi connectivity index (χ0) is 30.5. The molecule has 0 atom stereocenters. The minimum absolute atomic E-state index is 1.22. The van der Waals surface area contributed by atoms with E-state index in [0.29, 0.717) is 0 Å². The first-order valence-corrected chi connectivity index (χ1v) is 15.9. The molecule has 0 unspecified atom stereocenters. The lowest BCUT2D eigenvalue weighted by molar-refractivity contribution is 1.60. The van der Waals surface area contributed by atoms with Crippen LogP contribution in [0.15, 0.2) is 182 Å². The molecule has 0 spiro atoms. The Hall–Kier alpha value is -5.98. The van der Waals surface area contributed by atoms with Gasteiger partial charge < -0.3 is 0 Å². The molecular weight excluding hydrogens is 553 g/mol. The number of hydrogen-bond acceptors (Lipinski definition) is 0. The van der Waals surface area contributed by atoms with Gasteiger partial charge in [-0.3, -0.25) is 0 Å². The average Bonchev–Trinajstić information content (AvgIpc) is 3.13. The molecule has 0 N–H and O–H groups in total. The highest BCUT2D eigenvalue weighted by Crippen LogP contribution is 2.48. The quantitative estimate of drug-likeness (QED) is 0.181. The SMILES string of the molecule is c1ccc(-c2ccccc2-c2c3ccccc3c(-c3cccc4ccccc34)c3ccc(-c4cccc5ccccc45)cc23)cc1. The van der Waals surface area contributed by atoms with Crippen molar-refractivity contribution in [2.75, 3.05) is 0 Å². The molecule has 46 heavy (non-hydrogen) atoms. The van der Waals surface area contributed by atoms with E-state index < -0.39 is 0 Å². The van der Waals surface area contributed by atoms with Crippen molar-refractivity contribution in [3.8, 4) is 44.5 Å². The summed E-state index contributed by atoms with van der Waals surface area (Å²) in [5.74, 6) is 0. The second-order valence-corrected chi connectivity index (χ2v) is 12.0. The minimum Gasteiger partial charge on any atom is -0.0622 e. The Morgan fingerprint density at radius 2 is 0.674 bits per heavy atom. The zero-order valence-electron chi connectivity index (χ0n) is 25.3. The molecule has 0 aliphatic rings. The van der Waals surface area contributed by atoms with Gasteiger partial charge in [-0.05, 0) is 93.7 Å². The number of rotatable bonds is 4. The summed E-state index contributed by atoms with van der Waals surface area (Å²) < 4.78 is 0. The van der Waals surface area contributed by atoms with Crippen LogP contribution in [0.5, 0.6) is 0 Å². The second kappa shape index (κ2) is 10.9. The van der Waals surface area contributed by atoms with Gasteiger partial charge in [-0.2, -0.15) is 0 Å². The van der Waals surface area contributed by atoms with Gasteiger partial charge >= 0.3 is 0 Å². The van der Waals surface area contributed by atoms with Gasteiger partial charge in [0.05, 0.1) is 0 Å². The maximum atomic E-state index is 2.44. The van der Waals surface area contributed by atoms with Gasteiger partial charge in [-0.1, -0.05) is 176 Å². The van der Waals surface area contributed by atoms with Crippen LogP contribution >= 0.6 is 0 Å². The summed E-state index contributed by atoms with van der Waals surface area (Å²) in [5.41, 5.74) is 10.0. The highest BCUT2D eigenvalue weighted by Gasteiger charge is 2.20. The molecule has 0 saturated heterocycles. The molecule has 0 radical (unpaired) electrons. The van der Waals surface area contributed by atoms with Gasteiger partial charge in [0.15, 0.2) is 0 Å². The van der Waals surface area contributed by atoms with Crippen molar-refractivity contribution in [3.63, 3.8) is 0 Å². The van der Waals surface area contributed by atoms with Gasteiger partial charge in [-0.15, -0.1) is 0 Å². The Morgan fingerprint density at radius 3 is 1.37 bits per heavy atom. The van der Waals surface area contributed by atoms with Crippen molar-refractivity contribution >= 4 is 43.1 Å². The summed E-state index contributed by atoms with van der Waals surface area (Å²) in [5, 5.41) is 10.1. The molecule has 0 nitrogen and oxygen atoms in total. The molecule has 0 bridgehead atoms. The van der Waals surface area contributed by atoms with E-state index in [4.69, 9.17) is 0 Å². The summed E-state index contributed by atoms with van der Waals surface area (Å²) in [7, 11) is 0. The smallest absolute Gasteiger partial charge is 0.00199 e. The van der Waals surface area contributed by atoms with E-state index in [-0.39, 0.29) is 0 Å². The Kier molecular flexibility index (Phi) is 6.25. The fourth-order valence-corrected chi connectivity index (χ4v) is 7.42. The molecule has 0 aliphatic heterocycles. The number of hydrogen-bond donors (Lipinski definition) is 0. The lowest BCUT2D eigenvalue weighted by Gasteiger charge is -2.21. The Labute approximate surface area is 268 Å². The summed E-state index contributed by atoms with van der Waals surface area (Å²) in [4.78, 5) is 0. The van der Waals surface area contributed by atoms with Crippen molar-refractivity contribution in [1.29, 1.82) is 0 Å². The van der Waals surface area contributed by atoms with Crippen molar-refractivity contribution in [1.82, 2.24) is 0 Å². The summed E-state index contributed by atoms with van der Waals surface area (Å²) in [6.45, 7) is 0. The normalized spacial score (nSPS) is 11.5. The van der Waals surface area contributed by atoms with E-state index in [0.717, 1.165) is 0 Å². The third-order valence-electron chi connectivity index (χ3n) is 9.46. The predicted molar refractivity (Wildman–Crippen MR) is 198 cm³/mol. The molecule has 0 amide bonds. The molecule has 0 aromatic heterocycles. The highest BCUT2D eigenvalue weighted by molar-refractivity contribution is 6.25. The van der Waals surface area contributed by atoms with Crippen molar-refractivity contribution in [3.05, 3.63) is 182 Å². The largest absolute Gasteiger partial charge is 0.0622 e. The van der Waals surface area contributed by atoms with E-state index >= 15 is 0 Å². The lowest BCUT2D eigenvalue weighted by atomic mass is 9.82. The van der Waals surface area contributed by atoms with Gasteiger partial charge in [-0.25, -0.2) is 0 Å². The van der Waals surface area contributed by atoms with E-state index in [9.17, 15) is 0 Å². The number of fused-ring (bicyclic) bond motifs is 4.